The molecule has 0 fully saturated rings. The van der Waals surface area contributed by atoms with E-state index in [0.717, 1.165) is 11.8 Å². The number of hydrogen-bond acceptors (Lipinski definition) is 11. The number of nitrogens with zero attached hydrogens (tertiary/aromatic N) is 2. The van der Waals surface area contributed by atoms with Gasteiger partial charge >= 0.3 is 0 Å². The smallest absolute Gasteiger partial charge is 0.259 e. The summed E-state index contributed by atoms with van der Waals surface area (Å²) >= 11 is 3.52. The standard InChI is InChI=1S/C23H24N6O4S3/c24-16(35-22(25)26-20(32)18(30)14-7-3-1-4-8-14)11-12-34-13-17-28-29-23(36-17)27-21(33)19(31)15-9-5-2-6-10-15/h1-10,18-19,24,30-31H,11-13H2,(H2,25,26,32)(H,27,29,33)/t18-,19-/m0/s1. The number of aromatic nitrogens is 2. The monoisotopic (exact) mass is 544 g/mol. The molecule has 10 nitrogen and oxygen atoms in total. The second-order valence-corrected chi connectivity index (χ2v) is 10.5. The normalized spacial score (nSPS) is 12.4. The Labute approximate surface area is 220 Å². The van der Waals surface area contributed by atoms with E-state index < -0.39 is 24.0 Å². The van der Waals surface area contributed by atoms with E-state index in [2.05, 4.69) is 20.8 Å². The van der Waals surface area contributed by atoms with E-state index in [1.54, 1.807) is 60.7 Å². The molecule has 2 amide bonds. The van der Waals surface area contributed by atoms with Crippen LogP contribution in [0, 0.1) is 10.8 Å². The van der Waals surface area contributed by atoms with Crippen LogP contribution in [0.15, 0.2) is 60.7 Å². The summed E-state index contributed by atoms with van der Waals surface area (Å²) in [6.45, 7) is 0. The molecular weight excluding hydrogens is 520 g/mol. The Morgan fingerprint density at radius 2 is 1.50 bits per heavy atom. The average molecular weight is 545 g/mol. The molecule has 0 radical (unpaired) electrons. The fourth-order valence-corrected chi connectivity index (χ4v) is 5.29. The molecule has 0 saturated carbocycles. The number of thioether (sulfide) groups is 2. The lowest BCUT2D eigenvalue weighted by Crippen LogP contribution is -2.33. The molecule has 0 unspecified atom stereocenters. The minimum Gasteiger partial charge on any atom is -0.378 e. The number of carbonyl (C=O) groups excluding carboxylic acids is 2. The van der Waals surface area contributed by atoms with E-state index in [4.69, 9.17) is 10.8 Å². The van der Waals surface area contributed by atoms with Crippen molar-refractivity contribution >= 4 is 62.0 Å². The minimum atomic E-state index is -1.39. The molecule has 0 spiro atoms. The zero-order valence-corrected chi connectivity index (χ0v) is 21.3. The zero-order valence-electron chi connectivity index (χ0n) is 18.9. The van der Waals surface area contributed by atoms with Gasteiger partial charge in [-0.25, -0.2) is 0 Å². The van der Waals surface area contributed by atoms with Gasteiger partial charge in [0.25, 0.3) is 11.8 Å². The Bertz CT molecular complexity index is 1190. The fourth-order valence-electron chi connectivity index (χ4n) is 2.81. The molecule has 36 heavy (non-hydrogen) atoms. The first-order valence-electron chi connectivity index (χ1n) is 10.6. The summed E-state index contributed by atoms with van der Waals surface area (Å²) in [5, 5.41) is 49.8. The molecule has 188 valence electrons. The van der Waals surface area contributed by atoms with Gasteiger partial charge in [0.2, 0.25) is 5.13 Å². The van der Waals surface area contributed by atoms with E-state index in [9.17, 15) is 19.8 Å². The third-order valence-electron chi connectivity index (χ3n) is 4.59. The molecule has 3 aromatic rings. The van der Waals surface area contributed by atoms with Gasteiger partial charge in [-0.3, -0.25) is 25.7 Å². The van der Waals surface area contributed by atoms with Crippen molar-refractivity contribution in [2.75, 3.05) is 11.1 Å². The van der Waals surface area contributed by atoms with Crippen LogP contribution in [0.5, 0.6) is 0 Å². The van der Waals surface area contributed by atoms with E-state index in [0.29, 0.717) is 34.1 Å². The van der Waals surface area contributed by atoms with Gasteiger partial charge < -0.3 is 15.5 Å². The van der Waals surface area contributed by atoms with Crippen LogP contribution < -0.4 is 10.6 Å². The number of aliphatic hydroxyl groups is 2. The maximum atomic E-state index is 12.2. The highest BCUT2D eigenvalue weighted by atomic mass is 32.2. The highest BCUT2D eigenvalue weighted by Crippen LogP contribution is 2.23. The molecule has 0 saturated heterocycles. The number of carbonyl (C=O) groups is 2. The largest absolute Gasteiger partial charge is 0.378 e. The first-order chi connectivity index (χ1) is 17.3. The lowest BCUT2D eigenvalue weighted by atomic mass is 10.1. The van der Waals surface area contributed by atoms with E-state index in [-0.39, 0.29) is 15.3 Å². The van der Waals surface area contributed by atoms with Gasteiger partial charge in [0.1, 0.15) is 5.01 Å². The predicted molar refractivity (Wildman–Crippen MR) is 143 cm³/mol. The van der Waals surface area contributed by atoms with Crippen LogP contribution in [-0.2, 0) is 15.3 Å². The van der Waals surface area contributed by atoms with Gasteiger partial charge in [-0.2, -0.15) is 11.8 Å². The first kappa shape index (κ1) is 27.5. The Balaban J connectivity index is 1.34. The van der Waals surface area contributed by atoms with Crippen LogP contribution in [0.3, 0.4) is 0 Å². The number of amidine groups is 1. The summed E-state index contributed by atoms with van der Waals surface area (Å²) in [6, 6.07) is 17.0. The van der Waals surface area contributed by atoms with Crippen molar-refractivity contribution in [2.24, 2.45) is 0 Å². The number of aliphatic hydroxyl groups excluding tert-OH is 2. The Morgan fingerprint density at radius 3 is 2.11 bits per heavy atom. The van der Waals surface area contributed by atoms with E-state index >= 15 is 0 Å². The summed E-state index contributed by atoms with van der Waals surface area (Å²) < 4.78 is 0. The van der Waals surface area contributed by atoms with Crippen molar-refractivity contribution in [3.8, 4) is 0 Å². The number of amides is 2. The Hall–Kier alpha value is -3.10. The molecule has 0 aliphatic carbocycles. The second-order valence-electron chi connectivity index (χ2n) is 7.26. The van der Waals surface area contributed by atoms with Crippen LogP contribution in [-0.4, -0.2) is 48.2 Å². The van der Waals surface area contributed by atoms with Gasteiger partial charge in [-0.1, -0.05) is 72.0 Å². The van der Waals surface area contributed by atoms with Crippen LogP contribution in [0.1, 0.15) is 34.8 Å². The molecule has 3 rings (SSSR count). The SMILES string of the molecule is N=C(CCSCc1nnc(NC(=O)[C@@H](O)c2ccccc2)s1)SC(=N)NC(=O)[C@@H](O)c1ccccc1. The van der Waals surface area contributed by atoms with Crippen molar-refractivity contribution in [3.63, 3.8) is 0 Å². The molecule has 1 aromatic heterocycles. The van der Waals surface area contributed by atoms with Crippen molar-refractivity contribution < 1.29 is 19.8 Å². The highest BCUT2D eigenvalue weighted by Gasteiger charge is 2.20. The second kappa shape index (κ2) is 13.8. The third kappa shape index (κ3) is 8.53. The maximum absolute atomic E-state index is 12.2. The fraction of sp³-hybridized carbons (Fsp3) is 0.217. The number of benzene rings is 2. The first-order valence-corrected chi connectivity index (χ1v) is 13.4. The summed E-state index contributed by atoms with van der Waals surface area (Å²) in [6.07, 6.45) is -2.32. The summed E-state index contributed by atoms with van der Waals surface area (Å²) in [7, 11) is 0. The number of rotatable bonds is 10. The van der Waals surface area contributed by atoms with Crippen LogP contribution in [0.2, 0.25) is 0 Å². The lowest BCUT2D eigenvalue weighted by Gasteiger charge is -2.12. The quantitative estimate of drug-likeness (QED) is 0.128. The molecule has 2 aromatic carbocycles. The minimum absolute atomic E-state index is 0.196. The maximum Gasteiger partial charge on any atom is 0.259 e. The summed E-state index contributed by atoms with van der Waals surface area (Å²) in [5.74, 6) is -0.220. The Morgan fingerprint density at radius 1 is 0.917 bits per heavy atom. The topological polar surface area (TPSA) is 172 Å². The zero-order chi connectivity index (χ0) is 25.9. The van der Waals surface area contributed by atoms with Gasteiger partial charge in [0.05, 0.1) is 5.04 Å². The van der Waals surface area contributed by atoms with Gasteiger partial charge in [0, 0.05) is 12.2 Å². The van der Waals surface area contributed by atoms with Gasteiger partial charge in [-0.05, 0) is 28.6 Å². The molecule has 0 aliphatic heterocycles. The number of hydrogen-bond donors (Lipinski definition) is 6. The molecule has 1 heterocycles. The van der Waals surface area contributed by atoms with E-state index in [1.165, 1.54) is 23.1 Å². The molecule has 2 atom stereocenters. The molecule has 0 bridgehead atoms. The van der Waals surface area contributed by atoms with Crippen LogP contribution in [0.25, 0.3) is 0 Å². The van der Waals surface area contributed by atoms with Crippen molar-refractivity contribution in [3.05, 3.63) is 76.8 Å². The molecule has 13 heteroatoms. The van der Waals surface area contributed by atoms with Gasteiger partial charge in [0.15, 0.2) is 17.4 Å². The van der Waals surface area contributed by atoms with E-state index in [1.807, 2.05) is 0 Å². The Kier molecular flexibility index (Phi) is 10.6. The van der Waals surface area contributed by atoms with Crippen LogP contribution >= 0.6 is 34.9 Å². The lowest BCUT2D eigenvalue weighted by molar-refractivity contribution is -0.128. The van der Waals surface area contributed by atoms with Gasteiger partial charge in [-0.15, -0.1) is 10.2 Å². The summed E-state index contributed by atoms with van der Waals surface area (Å²) in [5.41, 5.74) is 0.904. The third-order valence-corrected chi connectivity index (χ3v) is 7.33. The number of nitrogens with one attached hydrogen (secondary N) is 4. The van der Waals surface area contributed by atoms with Crippen molar-refractivity contribution in [1.29, 1.82) is 10.8 Å². The molecular formula is C23H24N6O4S3. The predicted octanol–water partition coefficient (Wildman–Crippen LogP) is 3.33. The number of anilines is 1. The highest BCUT2D eigenvalue weighted by molar-refractivity contribution is 8.26. The molecule has 6 N–H and O–H groups in total. The van der Waals surface area contributed by atoms with Crippen molar-refractivity contribution in [1.82, 2.24) is 15.5 Å². The molecule has 0 aliphatic rings. The average Bonchev–Trinajstić information content (AvgIpc) is 3.33. The van der Waals surface area contributed by atoms with Crippen molar-refractivity contribution in [2.45, 2.75) is 24.4 Å². The summed E-state index contributed by atoms with van der Waals surface area (Å²) in [4.78, 5) is 24.3. The van der Waals surface area contributed by atoms with Crippen LogP contribution in [0.4, 0.5) is 5.13 Å².